The highest BCUT2D eigenvalue weighted by Crippen LogP contribution is 2.40. The minimum absolute atomic E-state index is 0.108. The average molecular weight is 469 g/mol. The normalized spacial score (nSPS) is 24.3. The molecule has 1 saturated heterocycles. The number of ether oxygens (including phenoxy) is 1. The van der Waals surface area contributed by atoms with E-state index < -0.39 is 42.3 Å². The van der Waals surface area contributed by atoms with Gasteiger partial charge in [-0.15, -0.1) is 0 Å². The van der Waals surface area contributed by atoms with Crippen molar-refractivity contribution in [3.63, 3.8) is 0 Å². The van der Waals surface area contributed by atoms with E-state index in [4.69, 9.17) is 4.74 Å². The Balaban J connectivity index is 1.64. The zero-order chi connectivity index (χ0) is 24.5. The fourth-order valence-electron chi connectivity index (χ4n) is 3.89. The highest BCUT2D eigenvalue weighted by molar-refractivity contribution is 6.06. The molecule has 0 saturated carbocycles. The molecular formula is C22H23N5O7. The number of amides is 1. The molecule has 34 heavy (non-hydrogen) atoms. The molecule has 3 aromatic rings. The number of nitrogens with zero attached hydrogens (tertiary/aromatic N) is 4. The van der Waals surface area contributed by atoms with Gasteiger partial charge < -0.3 is 30.2 Å². The van der Waals surface area contributed by atoms with E-state index in [0.29, 0.717) is 5.56 Å². The van der Waals surface area contributed by atoms with Gasteiger partial charge in [-0.25, -0.2) is 15.0 Å². The first kappa shape index (κ1) is 23.6. The molecule has 1 fully saturated rings. The maximum atomic E-state index is 12.7. The van der Waals surface area contributed by atoms with Crippen LogP contribution in [0.5, 0.6) is 0 Å². The lowest BCUT2D eigenvalue weighted by molar-refractivity contribution is -0.155. The second-order valence-electron chi connectivity index (χ2n) is 7.96. The average Bonchev–Trinajstić information content (AvgIpc) is 3.38. The van der Waals surface area contributed by atoms with Gasteiger partial charge in [0, 0.05) is 18.4 Å². The monoisotopic (exact) mass is 469 g/mol. The molecule has 4 N–H and O–H groups in total. The number of aliphatic hydroxyl groups is 3. The van der Waals surface area contributed by atoms with Crippen molar-refractivity contribution in [3.05, 3.63) is 48.5 Å². The first-order chi connectivity index (χ1) is 16.3. The van der Waals surface area contributed by atoms with Crippen LogP contribution < -0.4 is 5.32 Å². The lowest BCUT2D eigenvalue weighted by atomic mass is 9.85. The van der Waals surface area contributed by atoms with Gasteiger partial charge in [0.05, 0.1) is 12.9 Å². The van der Waals surface area contributed by atoms with Crippen LogP contribution in [-0.2, 0) is 14.3 Å². The Hall–Kier alpha value is -3.58. The van der Waals surface area contributed by atoms with Crippen molar-refractivity contribution in [2.45, 2.75) is 43.8 Å². The van der Waals surface area contributed by atoms with Crippen LogP contribution >= 0.6 is 0 Å². The van der Waals surface area contributed by atoms with Gasteiger partial charge in [-0.3, -0.25) is 14.2 Å². The van der Waals surface area contributed by atoms with Crippen molar-refractivity contribution in [1.82, 2.24) is 19.5 Å². The topological polar surface area (TPSA) is 177 Å². The number of hydrogen-bond donors (Lipinski definition) is 4. The Morgan fingerprint density at radius 2 is 1.88 bits per heavy atom. The summed E-state index contributed by atoms with van der Waals surface area (Å²) < 4.78 is 6.91. The van der Waals surface area contributed by atoms with Crippen molar-refractivity contribution in [3.8, 4) is 0 Å². The zero-order valence-electron chi connectivity index (χ0n) is 18.2. The van der Waals surface area contributed by atoms with Gasteiger partial charge in [0.25, 0.3) is 5.91 Å². The van der Waals surface area contributed by atoms with Crippen LogP contribution in [0.15, 0.2) is 43.0 Å². The summed E-state index contributed by atoms with van der Waals surface area (Å²) in [5.74, 6) is -1.40. The Kier molecular flexibility index (Phi) is 6.48. The molecule has 0 aliphatic carbocycles. The highest BCUT2D eigenvalue weighted by Gasteiger charge is 2.60. The van der Waals surface area contributed by atoms with Gasteiger partial charge in [-0.2, -0.15) is 0 Å². The molecule has 0 unspecified atom stereocenters. The molecule has 2 aromatic heterocycles. The first-order valence-electron chi connectivity index (χ1n) is 10.5. The minimum Gasteiger partial charge on any atom is -0.394 e. The number of benzene rings is 1. The molecule has 12 nitrogen and oxygen atoms in total. The van der Waals surface area contributed by atoms with Crippen LogP contribution in [-0.4, -0.2) is 76.7 Å². The molecule has 178 valence electrons. The van der Waals surface area contributed by atoms with Crippen molar-refractivity contribution in [1.29, 1.82) is 0 Å². The molecule has 0 spiro atoms. The summed E-state index contributed by atoms with van der Waals surface area (Å²) in [6, 6.07) is 8.48. The number of aliphatic hydroxyl groups excluding tert-OH is 2. The van der Waals surface area contributed by atoms with Crippen molar-refractivity contribution >= 4 is 34.5 Å². The number of carbonyl (C=O) groups is 3. The van der Waals surface area contributed by atoms with Gasteiger partial charge in [0.1, 0.15) is 24.3 Å². The molecule has 12 heteroatoms. The predicted molar refractivity (Wildman–Crippen MR) is 117 cm³/mol. The van der Waals surface area contributed by atoms with E-state index in [1.165, 1.54) is 24.1 Å². The van der Waals surface area contributed by atoms with Gasteiger partial charge in [-0.05, 0) is 19.1 Å². The Morgan fingerprint density at radius 1 is 1.15 bits per heavy atom. The molecule has 0 bridgehead atoms. The van der Waals surface area contributed by atoms with Gasteiger partial charge in [0.2, 0.25) is 0 Å². The molecule has 3 heterocycles. The van der Waals surface area contributed by atoms with Crippen molar-refractivity contribution in [2.75, 3.05) is 11.9 Å². The van der Waals surface area contributed by atoms with E-state index in [1.807, 2.05) is 0 Å². The standard InChI is InChI=1S/C22H23N5O7/c1-12(29)7-8-14(30)22(33)15(9-28)34-21(17(22)31)27-11-25-16-18(23-10-24-19(16)27)26-20(32)13-5-3-2-4-6-13/h2-6,10-11,15,17,21,28,31,33H,7-9H2,1H3,(H,23,24,26,32)/t15-,17+,21-,22-/m1/s1. The molecule has 1 aliphatic heterocycles. The van der Waals surface area contributed by atoms with Gasteiger partial charge in [-0.1, -0.05) is 18.2 Å². The van der Waals surface area contributed by atoms with Crippen LogP contribution in [0, 0.1) is 0 Å². The van der Waals surface area contributed by atoms with Gasteiger partial charge in [0.15, 0.2) is 34.6 Å². The summed E-state index contributed by atoms with van der Waals surface area (Å²) in [7, 11) is 0. The first-order valence-corrected chi connectivity index (χ1v) is 10.5. The second-order valence-corrected chi connectivity index (χ2v) is 7.96. The Bertz CT molecular complexity index is 1230. The van der Waals surface area contributed by atoms with Crippen molar-refractivity contribution in [2.24, 2.45) is 0 Å². The number of hydrogen-bond acceptors (Lipinski definition) is 10. The number of Topliss-reactive ketones (excluding diaryl/α,β-unsaturated/α-hetero) is 2. The molecule has 1 aliphatic rings. The summed E-state index contributed by atoms with van der Waals surface area (Å²) in [5.41, 5.74) is -1.70. The largest absolute Gasteiger partial charge is 0.394 e. The number of anilines is 1. The number of rotatable bonds is 8. The Morgan fingerprint density at radius 3 is 2.56 bits per heavy atom. The summed E-state index contributed by atoms with van der Waals surface area (Å²) in [4.78, 5) is 48.9. The molecular weight excluding hydrogens is 446 g/mol. The fourth-order valence-corrected chi connectivity index (χ4v) is 3.89. The van der Waals surface area contributed by atoms with Crippen LogP contribution in [0.1, 0.15) is 36.4 Å². The smallest absolute Gasteiger partial charge is 0.256 e. The summed E-state index contributed by atoms with van der Waals surface area (Å²) in [5, 5.41) is 34.3. The van der Waals surface area contributed by atoms with E-state index >= 15 is 0 Å². The number of fused-ring (bicyclic) bond motifs is 1. The molecule has 0 radical (unpaired) electrons. The number of carbonyl (C=O) groups excluding carboxylic acids is 3. The predicted octanol–water partition coefficient (Wildman–Crippen LogP) is -0.00140. The van der Waals surface area contributed by atoms with E-state index in [9.17, 15) is 29.7 Å². The highest BCUT2D eigenvalue weighted by atomic mass is 16.6. The van der Waals surface area contributed by atoms with Gasteiger partial charge >= 0.3 is 0 Å². The van der Waals surface area contributed by atoms with Crippen LogP contribution in [0.4, 0.5) is 5.82 Å². The summed E-state index contributed by atoms with van der Waals surface area (Å²) in [6.07, 6.45) is -2.58. The maximum Gasteiger partial charge on any atom is 0.256 e. The zero-order valence-corrected chi connectivity index (χ0v) is 18.2. The Labute approximate surface area is 193 Å². The third-order valence-electron chi connectivity index (χ3n) is 5.73. The lowest BCUT2D eigenvalue weighted by Crippen LogP contribution is -2.55. The number of imidazole rings is 1. The van der Waals surface area contributed by atoms with Crippen molar-refractivity contribution < 1.29 is 34.4 Å². The molecule has 1 amide bonds. The molecule has 1 aromatic carbocycles. The summed E-state index contributed by atoms with van der Waals surface area (Å²) >= 11 is 0. The quantitative estimate of drug-likeness (QED) is 0.351. The fraction of sp³-hybridized carbons (Fsp3) is 0.364. The third kappa shape index (κ3) is 4.07. The minimum atomic E-state index is -2.44. The number of aromatic nitrogens is 4. The van der Waals surface area contributed by atoms with Crippen LogP contribution in [0.25, 0.3) is 11.2 Å². The molecule has 4 rings (SSSR count). The second kappa shape index (κ2) is 9.35. The van der Waals surface area contributed by atoms with Crippen LogP contribution in [0.3, 0.4) is 0 Å². The maximum absolute atomic E-state index is 12.7. The van der Waals surface area contributed by atoms with E-state index in [1.54, 1.807) is 30.3 Å². The lowest BCUT2D eigenvalue weighted by Gasteiger charge is -2.28. The van der Waals surface area contributed by atoms with E-state index in [-0.39, 0.29) is 35.6 Å². The van der Waals surface area contributed by atoms with Crippen LogP contribution in [0.2, 0.25) is 0 Å². The third-order valence-corrected chi connectivity index (χ3v) is 5.73. The number of nitrogens with one attached hydrogen (secondary N) is 1. The summed E-state index contributed by atoms with van der Waals surface area (Å²) in [6.45, 7) is 0.548. The number of ketones is 2. The van der Waals surface area contributed by atoms with E-state index in [2.05, 4.69) is 20.3 Å². The molecule has 4 atom stereocenters. The van der Waals surface area contributed by atoms with E-state index in [0.717, 1.165) is 0 Å². The SMILES string of the molecule is CC(=O)CCC(=O)[C@@]1(O)[C@@H](CO)O[C@@H](n2cnc3c(NC(=O)c4ccccc4)ncnc32)[C@@H]1O.